The van der Waals surface area contributed by atoms with E-state index in [4.69, 9.17) is 19.9 Å². The summed E-state index contributed by atoms with van der Waals surface area (Å²) in [5.74, 6) is 2.05. The van der Waals surface area contributed by atoms with E-state index in [0.29, 0.717) is 17.5 Å². The van der Waals surface area contributed by atoms with Crippen LogP contribution in [0.15, 0.2) is 225 Å². The van der Waals surface area contributed by atoms with Crippen molar-refractivity contribution in [3.05, 3.63) is 225 Å². The number of para-hydroxylation sites is 7. The average Bonchev–Trinajstić information content (AvgIpc) is 4.05. The summed E-state index contributed by atoms with van der Waals surface area (Å²) in [4.78, 5) is 21.5. The largest absolute Gasteiger partial charge is 0.294 e. The highest BCUT2D eigenvalue weighted by Gasteiger charge is 2.25. The molecule has 5 heterocycles. The molecule has 8 aromatic carbocycles. The smallest absolute Gasteiger partial charge is 0.235 e. The summed E-state index contributed by atoms with van der Waals surface area (Å²) in [5.41, 5.74) is 13.8. The number of hydrogen-bond acceptors (Lipinski definition) is 4. The molecule has 0 amide bonds. The van der Waals surface area contributed by atoms with E-state index >= 15 is 0 Å². The molecule has 304 valence electrons. The Bertz CT molecular complexity index is 3790. The molecular formula is C58H37N7. The van der Waals surface area contributed by atoms with Crippen LogP contribution in [0.3, 0.4) is 0 Å². The molecule has 7 heteroatoms. The van der Waals surface area contributed by atoms with Gasteiger partial charge in [0.2, 0.25) is 5.95 Å². The minimum Gasteiger partial charge on any atom is -0.294 e. The standard InChI is InChI=1S/C58H37N7/c1-3-18-38(19-4-1)41-26-17-27-42(39-20-5-2-6-21-39)56(41)65-54-33-16-11-28-47(54)60-57(65)49-37-48(61-58(62-49)64-52-31-14-9-24-45(52)46-25-10-15-32-53(46)64)40-34-35-59-55(36-40)63-50-29-12-7-22-43(50)44-23-8-13-30-51(44)63/h1-37H. The molecule has 0 N–H and O–H groups in total. The third kappa shape index (κ3) is 5.90. The van der Waals surface area contributed by atoms with Gasteiger partial charge in [-0.15, -0.1) is 0 Å². The molecule has 0 atom stereocenters. The molecule has 0 aliphatic rings. The van der Waals surface area contributed by atoms with Crippen molar-refractivity contribution in [2.45, 2.75) is 0 Å². The van der Waals surface area contributed by atoms with Crippen molar-refractivity contribution in [3.63, 3.8) is 0 Å². The van der Waals surface area contributed by atoms with Crippen LogP contribution in [0.2, 0.25) is 0 Å². The van der Waals surface area contributed by atoms with Crippen molar-refractivity contribution in [1.82, 2.24) is 33.6 Å². The number of rotatable bonds is 7. The van der Waals surface area contributed by atoms with Crippen molar-refractivity contribution in [2.24, 2.45) is 0 Å². The predicted molar refractivity (Wildman–Crippen MR) is 265 cm³/mol. The summed E-state index contributed by atoms with van der Waals surface area (Å²) in [6, 6.07) is 76.4. The van der Waals surface area contributed by atoms with Crippen LogP contribution >= 0.6 is 0 Å². The fourth-order valence-electron chi connectivity index (χ4n) is 9.71. The Morgan fingerprint density at radius 2 is 0.800 bits per heavy atom. The molecule has 0 saturated carbocycles. The van der Waals surface area contributed by atoms with Crippen molar-refractivity contribution in [1.29, 1.82) is 0 Å². The average molecular weight is 832 g/mol. The highest BCUT2D eigenvalue weighted by atomic mass is 15.2. The van der Waals surface area contributed by atoms with Crippen LogP contribution in [-0.4, -0.2) is 33.6 Å². The van der Waals surface area contributed by atoms with Crippen molar-refractivity contribution >= 4 is 54.6 Å². The summed E-state index contributed by atoms with van der Waals surface area (Å²) in [7, 11) is 0. The van der Waals surface area contributed by atoms with E-state index in [2.05, 4.69) is 220 Å². The topological polar surface area (TPSA) is 66.3 Å². The van der Waals surface area contributed by atoms with Gasteiger partial charge >= 0.3 is 0 Å². The highest BCUT2D eigenvalue weighted by molar-refractivity contribution is 6.10. The lowest BCUT2D eigenvalue weighted by molar-refractivity contribution is 0.979. The molecule has 13 rings (SSSR count). The van der Waals surface area contributed by atoms with Crippen molar-refractivity contribution < 1.29 is 0 Å². The zero-order chi connectivity index (χ0) is 42.8. The lowest BCUT2D eigenvalue weighted by Crippen LogP contribution is -2.08. The van der Waals surface area contributed by atoms with E-state index in [0.717, 1.165) is 88.9 Å². The molecule has 65 heavy (non-hydrogen) atoms. The van der Waals surface area contributed by atoms with E-state index in [1.807, 2.05) is 18.3 Å². The maximum absolute atomic E-state index is 5.56. The Morgan fingerprint density at radius 3 is 1.37 bits per heavy atom. The van der Waals surface area contributed by atoms with Crippen LogP contribution < -0.4 is 0 Å². The summed E-state index contributed by atoms with van der Waals surface area (Å²) in [5, 5.41) is 4.62. The van der Waals surface area contributed by atoms with Gasteiger partial charge in [-0.1, -0.05) is 164 Å². The van der Waals surface area contributed by atoms with Crippen molar-refractivity contribution in [3.8, 4) is 62.5 Å². The third-order valence-electron chi connectivity index (χ3n) is 12.6. The number of nitrogens with zero attached hydrogens (tertiary/aromatic N) is 7. The molecule has 0 fully saturated rings. The molecule has 0 radical (unpaired) electrons. The Labute approximate surface area is 373 Å². The number of imidazole rings is 1. The molecule has 0 aliphatic heterocycles. The summed E-state index contributed by atoms with van der Waals surface area (Å²) >= 11 is 0. The van der Waals surface area contributed by atoms with Crippen LogP contribution in [0.4, 0.5) is 0 Å². The van der Waals surface area contributed by atoms with Gasteiger partial charge in [0.25, 0.3) is 0 Å². The van der Waals surface area contributed by atoms with Gasteiger partial charge < -0.3 is 0 Å². The van der Waals surface area contributed by atoms with E-state index in [1.165, 1.54) is 10.8 Å². The van der Waals surface area contributed by atoms with E-state index < -0.39 is 0 Å². The van der Waals surface area contributed by atoms with Crippen LogP contribution in [0.1, 0.15) is 0 Å². The fraction of sp³-hybridized carbons (Fsp3) is 0. The lowest BCUT2D eigenvalue weighted by Gasteiger charge is -2.20. The maximum atomic E-state index is 5.56. The summed E-state index contributed by atoms with van der Waals surface area (Å²) < 4.78 is 6.74. The van der Waals surface area contributed by atoms with E-state index in [1.54, 1.807) is 0 Å². The first-order chi connectivity index (χ1) is 32.3. The second-order valence-corrected chi connectivity index (χ2v) is 16.3. The monoisotopic (exact) mass is 831 g/mol. The maximum Gasteiger partial charge on any atom is 0.235 e. The van der Waals surface area contributed by atoms with Gasteiger partial charge in [-0.3, -0.25) is 13.7 Å². The normalized spacial score (nSPS) is 11.7. The quantitative estimate of drug-likeness (QED) is 0.160. The number of fused-ring (bicyclic) bond motifs is 7. The molecule has 0 unspecified atom stereocenters. The summed E-state index contributed by atoms with van der Waals surface area (Å²) in [6.45, 7) is 0. The zero-order valence-electron chi connectivity index (χ0n) is 35.0. The molecule has 5 aromatic heterocycles. The Kier molecular flexibility index (Phi) is 8.39. The zero-order valence-corrected chi connectivity index (χ0v) is 35.0. The Balaban J connectivity index is 1.12. The summed E-state index contributed by atoms with van der Waals surface area (Å²) in [6.07, 6.45) is 1.88. The van der Waals surface area contributed by atoms with Gasteiger partial charge in [0.15, 0.2) is 5.82 Å². The van der Waals surface area contributed by atoms with Gasteiger partial charge in [0.1, 0.15) is 11.5 Å². The minimum atomic E-state index is 0.545. The lowest BCUT2D eigenvalue weighted by atomic mass is 9.95. The van der Waals surface area contributed by atoms with Crippen LogP contribution in [0.25, 0.3) is 117 Å². The molecule has 0 saturated heterocycles. The molecule has 0 aliphatic carbocycles. The predicted octanol–water partition coefficient (Wildman–Crippen LogP) is 14.1. The second kappa shape index (κ2) is 14.9. The first kappa shape index (κ1) is 36.7. The molecule has 0 spiro atoms. The molecule has 0 bridgehead atoms. The van der Waals surface area contributed by atoms with E-state index in [9.17, 15) is 0 Å². The highest BCUT2D eigenvalue weighted by Crippen LogP contribution is 2.41. The Morgan fingerprint density at radius 1 is 0.323 bits per heavy atom. The first-order valence-electron chi connectivity index (χ1n) is 21.8. The number of aromatic nitrogens is 7. The number of benzene rings is 8. The van der Waals surface area contributed by atoms with Crippen LogP contribution in [0.5, 0.6) is 0 Å². The SMILES string of the molecule is c1ccc(-c2cccc(-c3ccccc3)c2-n2c(-c3cc(-c4ccnc(-n5c6ccccc6c6ccccc65)c4)nc(-n4c5ccccc5c5ccccc54)n3)nc3ccccc32)cc1. The van der Waals surface area contributed by atoms with Gasteiger partial charge in [-0.2, -0.15) is 0 Å². The van der Waals surface area contributed by atoms with Gasteiger partial charge in [0, 0.05) is 44.4 Å². The van der Waals surface area contributed by atoms with E-state index in [-0.39, 0.29) is 0 Å². The van der Waals surface area contributed by atoms with Crippen LogP contribution in [0, 0.1) is 0 Å². The number of pyridine rings is 1. The molecular weight excluding hydrogens is 795 g/mol. The minimum absolute atomic E-state index is 0.545. The van der Waals surface area contributed by atoms with Crippen LogP contribution in [-0.2, 0) is 0 Å². The molecule has 7 nitrogen and oxygen atoms in total. The second-order valence-electron chi connectivity index (χ2n) is 16.3. The van der Waals surface area contributed by atoms with Crippen molar-refractivity contribution in [2.75, 3.05) is 0 Å². The number of hydrogen-bond donors (Lipinski definition) is 0. The Hall–Kier alpha value is -8.94. The molecule has 13 aromatic rings. The fourth-order valence-corrected chi connectivity index (χ4v) is 9.71. The van der Waals surface area contributed by atoms with Gasteiger partial charge in [-0.05, 0) is 65.7 Å². The third-order valence-corrected chi connectivity index (χ3v) is 12.6. The van der Waals surface area contributed by atoms with Gasteiger partial charge in [-0.25, -0.2) is 19.9 Å². The van der Waals surface area contributed by atoms with Gasteiger partial charge in [0.05, 0.1) is 44.5 Å². The first-order valence-corrected chi connectivity index (χ1v) is 21.8.